The van der Waals surface area contributed by atoms with Gasteiger partial charge in [0.2, 0.25) is 0 Å². The summed E-state index contributed by atoms with van der Waals surface area (Å²) in [5.74, 6) is 0. The van der Waals surface area contributed by atoms with Crippen LogP contribution in [0.4, 0.5) is 4.79 Å². The Morgan fingerprint density at radius 2 is 1.83 bits per heavy atom. The van der Waals surface area contributed by atoms with Crippen molar-refractivity contribution >= 4 is 17.6 Å². The molecule has 0 aliphatic rings. The third-order valence-corrected chi connectivity index (χ3v) is 3.89. The summed E-state index contributed by atoms with van der Waals surface area (Å²) in [4.78, 5) is 11.9. The molecule has 0 unspecified atom stereocenters. The zero-order valence-corrected chi connectivity index (χ0v) is 14.1. The van der Waals surface area contributed by atoms with Crippen molar-refractivity contribution in [2.24, 2.45) is 0 Å². The second-order valence-corrected chi connectivity index (χ2v) is 5.71. The number of hydrogen-bond donors (Lipinski definition) is 2. The van der Waals surface area contributed by atoms with Crippen molar-refractivity contribution in [1.29, 1.82) is 0 Å². The molecule has 0 saturated heterocycles. The van der Waals surface area contributed by atoms with Crippen LogP contribution in [0.1, 0.15) is 22.8 Å². The van der Waals surface area contributed by atoms with Crippen molar-refractivity contribution in [3.8, 4) is 0 Å². The molecule has 0 radical (unpaired) electrons. The van der Waals surface area contributed by atoms with Crippen molar-refractivity contribution in [3.63, 3.8) is 0 Å². The number of methoxy groups -OCH3 is 1. The van der Waals surface area contributed by atoms with E-state index in [9.17, 15) is 4.79 Å². The molecule has 0 saturated carbocycles. The van der Waals surface area contributed by atoms with Gasteiger partial charge in [-0.15, -0.1) is 0 Å². The number of nitrogens with one attached hydrogen (secondary N) is 2. The Labute approximate surface area is 141 Å². The van der Waals surface area contributed by atoms with Gasteiger partial charge in [-0.2, -0.15) is 0 Å². The SMILES string of the molecule is CO[C@H](CNC(=O)NCc1ccc(Cl)cc1)c1ccccc1C. The molecule has 2 aromatic rings. The fourth-order valence-electron chi connectivity index (χ4n) is 2.30. The van der Waals surface area contributed by atoms with Crippen LogP contribution < -0.4 is 10.6 Å². The molecule has 0 spiro atoms. The lowest BCUT2D eigenvalue weighted by Gasteiger charge is -2.18. The lowest BCUT2D eigenvalue weighted by Crippen LogP contribution is -2.37. The molecule has 122 valence electrons. The first-order valence-electron chi connectivity index (χ1n) is 7.44. The highest BCUT2D eigenvalue weighted by Gasteiger charge is 2.13. The summed E-state index contributed by atoms with van der Waals surface area (Å²) < 4.78 is 5.49. The maximum Gasteiger partial charge on any atom is 0.315 e. The van der Waals surface area contributed by atoms with E-state index in [-0.39, 0.29) is 12.1 Å². The van der Waals surface area contributed by atoms with Crippen molar-refractivity contribution in [2.75, 3.05) is 13.7 Å². The van der Waals surface area contributed by atoms with E-state index in [0.29, 0.717) is 18.1 Å². The molecular weight excluding hydrogens is 312 g/mol. The van der Waals surface area contributed by atoms with Gasteiger partial charge >= 0.3 is 6.03 Å². The fourth-order valence-corrected chi connectivity index (χ4v) is 2.43. The Bertz CT molecular complexity index is 644. The quantitative estimate of drug-likeness (QED) is 0.844. The molecule has 4 nitrogen and oxygen atoms in total. The summed E-state index contributed by atoms with van der Waals surface area (Å²) in [6.07, 6.45) is -0.169. The van der Waals surface area contributed by atoms with Crippen LogP contribution in [0.3, 0.4) is 0 Å². The predicted molar refractivity (Wildman–Crippen MR) is 92.6 cm³/mol. The van der Waals surface area contributed by atoms with Gasteiger partial charge in [-0.25, -0.2) is 4.79 Å². The van der Waals surface area contributed by atoms with Crippen LogP contribution >= 0.6 is 11.6 Å². The summed E-state index contributed by atoms with van der Waals surface area (Å²) in [7, 11) is 1.64. The number of benzene rings is 2. The smallest absolute Gasteiger partial charge is 0.315 e. The molecule has 2 aromatic carbocycles. The standard InChI is InChI=1S/C18H21ClN2O2/c1-13-5-3-4-6-16(13)17(23-2)12-21-18(22)20-11-14-7-9-15(19)10-8-14/h3-10,17H,11-12H2,1-2H3,(H2,20,21,22)/t17-/m1/s1. The fraction of sp³-hybridized carbons (Fsp3) is 0.278. The van der Waals surface area contributed by atoms with Gasteiger partial charge in [0.05, 0.1) is 6.10 Å². The van der Waals surface area contributed by atoms with Crippen LogP contribution in [0.2, 0.25) is 5.02 Å². The highest BCUT2D eigenvalue weighted by molar-refractivity contribution is 6.30. The minimum absolute atomic E-state index is 0.169. The number of carbonyl (C=O) groups is 1. The molecule has 5 heteroatoms. The van der Waals surface area contributed by atoms with Gasteiger partial charge in [-0.3, -0.25) is 0 Å². The first kappa shape index (κ1) is 17.3. The first-order chi connectivity index (χ1) is 11.1. The second-order valence-electron chi connectivity index (χ2n) is 5.27. The molecule has 2 rings (SSSR count). The van der Waals surface area contributed by atoms with E-state index in [4.69, 9.17) is 16.3 Å². The molecule has 0 fully saturated rings. The lowest BCUT2D eigenvalue weighted by molar-refractivity contribution is 0.103. The van der Waals surface area contributed by atoms with Crippen LogP contribution in [-0.2, 0) is 11.3 Å². The highest BCUT2D eigenvalue weighted by atomic mass is 35.5. The molecular formula is C18H21ClN2O2. The monoisotopic (exact) mass is 332 g/mol. The Hall–Kier alpha value is -2.04. The molecule has 0 aliphatic carbocycles. The number of hydrogen-bond acceptors (Lipinski definition) is 2. The molecule has 0 aromatic heterocycles. The first-order valence-corrected chi connectivity index (χ1v) is 7.82. The number of ether oxygens (including phenoxy) is 1. The zero-order valence-electron chi connectivity index (χ0n) is 13.3. The van der Waals surface area contributed by atoms with Gasteiger partial charge in [0.1, 0.15) is 0 Å². The number of halogens is 1. The average molecular weight is 333 g/mol. The predicted octanol–water partition coefficient (Wildman–Crippen LogP) is 3.84. The van der Waals surface area contributed by atoms with Gasteiger partial charge in [-0.05, 0) is 35.7 Å². The maximum absolute atomic E-state index is 11.9. The average Bonchev–Trinajstić information content (AvgIpc) is 2.56. The third-order valence-electron chi connectivity index (χ3n) is 3.63. The zero-order chi connectivity index (χ0) is 16.7. The van der Waals surface area contributed by atoms with Crippen molar-refractivity contribution in [3.05, 3.63) is 70.2 Å². The van der Waals surface area contributed by atoms with Crippen LogP contribution in [0, 0.1) is 6.92 Å². The Morgan fingerprint density at radius 3 is 2.48 bits per heavy atom. The van der Waals surface area contributed by atoms with Gasteiger partial charge < -0.3 is 15.4 Å². The van der Waals surface area contributed by atoms with Crippen LogP contribution in [0.15, 0.2) is 48.5 Å². The van der Waals surface area contributed by atoms with Crippen molar-refractivity contribution in [1.82, 2.24) is 10.6 Å². The van der Waals surface area contributed by atoms with Gasteiger partial charge in [-0.1, -0.05) is 48.0 Å². The van der Waals surface area contributed by atoms with Gasteiger partial charge in [0.25, 0.3) is 0 Å². The van der Waals surface area contributed by atoms with Crippen LogP contribution in [0.5, 0.6) is 0 Å². The van der Waals surface area contributed by atoms with E-state index in [1.807, 2.05) is 43.3 Å². The van der Waals surface area contributed by atoms with E-state index in [1.165, 1.54) is 0 Å². The topological polar surface area (TPSA) is 50.4 Å². The van der Waals surface area contributed by atoms with E-state index in [1.54, 1.807) is 19.2 Å². The Kier molecular flexibility index (Phi) is 6.44. The van der Waals surface area contributed by atoms with Crippen molar-refractivity contribution < 1.29 is 9.53 Å². The summed E-state index contributed by atoms with van der Waals surface area (Å²) >= 11 is 5.83. The van der Waals surface area contributed by atoms with Crippen LogP contribution in [-0.4, -0.2) is 19.7 Å². The number of rotatable bonds is 6. The number of urea groups is 1. The van der Waals surface area contributed by atoms with E-state index < -0.39 is 0 Å². The molecule has 0 bridgehead atoms. The number of amides is 2. The summed E-state index contributed by atoms with van der Waals surface area (Å²) in [6, 6.07) is 15.1. The highest BCUT2D eigenvalue weighted by Crippen LogP contribution is 2.19. The Morgan fingerprint density at radius 1 is 1.13 bits per heavy atom. The van der Waals surface area contributed by atoms with E-state index in [0.717, 1.165) is 16.7 Å². The van der Waals surface area contributed by atoms with Gasteiger partial charge in [0, 0.05) is 25.2 Å². The lowest BCUT2D eigenvalue weighted by atomic mass is 10.0. The maximum atomic E-state index is 11.9. The minimum Gasteiger partial charge on any atom is -0.375 e. The van der Waals surface area contributed by atoms with E-state index >= 15 is 0 Å². The molecule has 0 aliphatic heterocycles. The summed E-state index contributed by atoms with van der Waals surface area (Å²) in [5, 5.41) is 6.34. The molecule has 1 atom stereocenters. The summed E-state index contributed by atoms with van der Waals surface area (Å²) in [5.41, 5.74) is 3.21. The molecule has 2 amide bonds. The normalized spacial score (nSPS) is 11.8. The number of aryl methyl sites for hydroxylation is 1. The molecule has 2 N–H and O–H groups in total. The van der Waals surface area contributed by atoms with Gasteiger partial charge in [0.15, 0.2) is 0 Å². The van der Waals surface area contributed by atoms with Crippen molar-refractivity contribution in [2.45, 2.75) is 19.6 Å². The minimum atomic E-state index is -0.226. The van der Waals surface area contributed by atoms with E-state index in [2.05, 4.69) is 10.6 Å². The Balaban J connectivity index is 1.83. The molecule has 23 heavy (non-hydrogen) atoms. The third kappa shape index (κ3) is 5.27. The number of carbonyl (C=O) groups excluding carboxylic acids is 1. The van der Waals surface area contributed by atoms with Crippen LogP contribution in [0.25, 0.3) is 0 Å². The second kappa shape index (κ2) is 8.56. The molecule has 0 heterocycles. The summed E-state index contributed by atoms with van der Waals surface area (Å²) in [6.45, 7) is 2.89. The largest absolute Gasteiger partial charge is 0.375 e.